The number of allylic oxidation sites excluding steroid dienone is 4. The van der Waals surface area contributed by atoms with Gasteiger partial charge < -0.3 is 4.74 Å². The van der Waals surface area contributed by atoms with Gasteiger partial charge in [-0.15, -0.1) is 0 Å². The van der Waals surface area contributed by atoms with E-state index >= 15 is 0 Å². The number of methoxy groups -OCH3 is 1. The summed E-state index contributed by atoms with van der Waals surface area (Å²) in [4.78, 5) is 0. The molecule has 1 heteroatoms. The van der Waals surface area contributed by atoms with Crippen LogP contribution in [0.3, 0.4) is 0 Å². The quantitative estimate of drug-likeness (QED) is 0.708. The molecule has 17 heavy (non-hydrogen) atoms. The van der Waals surface area contributed by atoms with Gasteiger partial charge in [0.2, 0.25) is 0 Å². The van der Waals surface area contributed by atoms with Crippen LogP contribution in [-0.4, -0.2) is 7.11 Å². The number of ether oxygens (including phenoxy) is 1. The summed E-state index contributed by atoms with van der Waals surface area (Å²) in [7, 11) is 1.77. The largest absolute Gasteiger partial charge is 0.372 e. The summed E-state index contributed by atoms with van der Waals surface area (Å²) in [6, 6.07) is 8.49. The fourth-order valence-electron chi connectivity index (χ4n) is 2.38. The molecule has 2 rings (SSSR count). The first-order valence-electron chi connectivity index (χ1n) is 5.87. The SMILES string of the molecule is C=C/C=C\C1=C(C)C(OC)c2ccccc2C1. The molecule has 0 aromatic heterocycles. The molecule has 0 saturated heterocycles. The molecule has 1 aromatic rings. The highest BCUT2D eigenvalue weighted by Crippen LogP contribution is 2.36. The second-order valence-corrected chi connectivity index (χ2v) is 4.29. The van der Waals surface area contributed by atoms with Crippen LogP contribution in [0.5, 0.6) is 0 Å². The molecule has 1 unspecified atom stereocenters. The number of fused-ring (bicyclic) bond motifs is 1. The number of benzene rings is 1. The predicted molar refractivity (Wildman–Crippen MR) is 71.9 cm³/mol. The monoisotopic (exact) mass is 226 g/mol. The van der Waals surface area contributed by atoms with Gasteiger partial charge in [-0.25, -0.2) is 0 Å². The van der Waals surface area contributed by atoms with Crippen molar-refractivity contribution >= 4 is 0 Å². The summed E-state index contributed by atoms with van der Waals surface area (Å²) in [5.74, 6) is 0. The van der Waals surface area contributed by atoms with Crippen molar-refractivity contribution in [3.63, 3.8) is 0 Å². The average molecular weight is 226 g/mol. The van der Waals surface area contributed by atoms with Gasteiger partial charge in [0.1, 0.15) is 6.10 Å². The van der Waals surface area contributed by atoms with Crippen LogP contribution in [0, 0.1) is 0 Å². The van der Waals surface area contributed by atoms with Crippen molar-refractivity contribution in [2.75, 3.05) is 7.11 Å². The molecule has 0 N–H and O–H groups in total. The van der Waals surface area contributed by atoms with E-state index in [-0.39, 0.29) is 6.10 Å². The van der Waals surface area contributed by atoms with E-state index in [1.54, 1.807) is 7.11 Å². The van der Waals surface area contributed by atoms with E-state index in [0.29, 0.717) is 0 Å². The Balaban J connectivity index is 2.45. The zero-order valence-corrected chi connectivity index (χ0v) is 10.4. The van der Waals surface area contributed by atoms with E-state index in [1.807, 2.05) is 12.2 Å². The summed E-state index contributed by atoms with van der Waals surface area (Å²) >= 11 is 0. The Morgan fingerprint density at radius 1 is 1.35 bits per heavy atom. The van der Waals surface area contributed by atoms with Gasteiger partial charge in [0.25, 0.3) is 0 Å². The fraction of sp³-hybridized carbons (Fsp3) is 0.250. The zero-order valence-electron chi connectivity index (χ0n) is 10.4. The summed E-state index contributed by atoms with van der Waals surface area (Å²) in [5, 5.41) is 0. The van der Waals surface area contributed by atoms with Crippen LogP contribution in [0.2, 0.25) is 0 Å². The third-order valence-electron chi connectivity index (χ3n) is 3.29. The second kappa shape index (κ2) is 5.15. The van der Waals surface area contributed by atoms with Crippen LogP contribution < -0.4 is 0 Å². The van der Waals surface area contributed by atoms with Gasteiger partial charge >= 0.3 is 0 Å². The fourth-order valence-corrected chi connectivity index (χ4v) is 2.38. The highest BCUT2D eigenvalue weighted by molar-refractivity contribution is 5.46. The maximum Gasteiger partial charge on any atom is 0.104 e. The molecule has 1 aromatic carbocycles. The lowest BCUT2D eigenvalue weighted by Crippen LogP contribution is -2.14. The number of rotatable bonds is 3. The van der Waals surface area contributed by atoms with Crippen molar-refractivity contribution in [3.8, 4) is 0 Å². The minimum absolute atomic E-state index is 0.0874. The normalized spacial score (nSPS) is 19.5. The average Bonchev–Trinajstić information content (AvgIpc) is 2.36. The minimum Gasteiger partial charge on any atom is -0.372 e. The summed E-state index contributed by atoms with van der Waals surface area (Å²) in [6.45, 7) is 5.86. The molecule has 0 bridgehead atoms. The van der Waals surface area contributed by atoms with Gasteiger partial charge in [-0.2, -0.15) is 0 Å². The Hall–Kier alpha value is -1.60. The van der Waals surface area contributed by atoms with Gasteiger partial charge in [0, 0.05) is 7.11 Å². The molecule has 0 radical (unpaired) electrons. The molecule has 0 aliphatic heterocycles. The Labute approximate surface area is 103 Å². The first-order chi connectivity index (χ1) is 8.27. The van der Waals surface area contributed by atoms with E-state index < -0.39 is 0 Å². The topological polar surface area (TPSA) is 9.23 Å². The van der Waals surface area contributed by atoms with Gasteiger partial charge in [-0.3, -0.25) is 0 Å². The Morgan fingerprint density at radius 2 is 2.12 bits per heavy atom. The molecule has 0 heterocycles. The van der Waals surface area contributed by atoms with Crippen molar-refractivity contribution < 1.29 is 4.74 Å². The van der Waals surface area contributed by atoms with E-state index in [1.165, 1.54) is 22.3 Å². The van der Waals surface area contributed by atoms with Crippen LogP contribution >= 0.6 is 0 Å². The number of hydrogen-bond donors (Lipinski definition) is 0. The molecule has 0 amide bonds. The van der Waals surface area contributed by atoms with Crippen LogP contribution in [0.4, 0.5) is 0 Å². The van der Waals surface area contributed by atoms with Crippen molar-refractivity contribution in [1.29, 1.82) is 0 Å². The Morgan fingerprint density at radius 3 is 2.82 bits per heavy atom. The highest BCUT2D eigenvalue weighted by Gasteiger charge is 2.23. The predicted octanol–water partition coefficient (Wildman–Crippen LogP) is 3.99. The molecule has 0 fully saturated rings. The Kier molecular flexibility index (Phi) is 3.60. The van der Waals surface area contributed by atoms with Crippen molar-refractivity contribution in [3.05, 3.63) is 71.3 Å². The summed E-state index contributed by atoms with van der Waals surface area (Å²) in [6.07, 6.45) is 6.99. The lowest BCUT2D eigenvalue weighted by Gasteiger charge is -2.27. The minimum atomic E-state index is 0.0874. The van der Waals surface area contributed by atoms with E-state index in [0.717, 1.165) is 6.42 Å². The van der Waals surface area contributed by atoms with E-state index in [9.17, 15) is 0 Å². The maximum absolute atomic E-state index is 5.62. The lowest BCUT2D eigenvalue weighted by atomic mass is 9.84. The van der Waals surface area contributed by atoms with Crippen molar-refractivity contribution in [1.82, 2.24) is 0 Å². The third kappa shape index (κ3) is 2.25. The third-order valence-corrected chi connectivity index (χ3v) is 3.29. The van der Waals surface area contributed by atoms with Crippen LogP contribution in [0.1, 0.15) is 24.2 Å². The highest BCUT2D eigenvalue weighted by atomic mass is 16.5. The molecule has 0 spiro atoms. The molecular weight excluding hydrogens is 208 g/mol. The summed E-state index contributed by atoms with van der Waals surface area (Å²) in [5.41, 5.74) is 5.27. The lowest BCUT2D eigenvalue weighted by molar-refractivity contribution is 0.130. The second-order valence-electron chi connectivity index (χ2n) is 4.29. The molecule has 1 atom stereocenters. The molecular formula is C16H18O. The number of hydrogen-bond acceptors (Lipinski definition) is 1. The van der Waals surface area contributed by atoms with Crippen LogP contribution in [0.15, 0.2) is 60.2 Å². The van der Waals surface area contributed by atoms with E-state index in [4.69, 9.17) is 4.74 Å². The maximum atomic E-state index is 5.62. The van der Waals surface area contributed by atoms with Crippen LogP contribution in [-0.2, 0) is 11.2 Å². The molecule has 88 valence electrons. The Bertz CT molecular complexity index is 480. The first-order valence-corrected chi connectivity index (χ1v) is 5.87. The molecule has 1 nitrogen and oxygen atoms in total. The molecule has 0 saturated carbocycles. The first kappa shape index (κ1) is 11.9. The molecule has 1 aliphatic carbocycles. The standard InChI is InChI=1S/C16H18O/c1-4-5-8-13-11-14-9-6-7-10-15(14)16(17-3)12(13)2/h4-10,16H,1,11H2,2-3H3/b8-5-. The van der Waals surface area contributed by atoms with Crippen LogP contribution in [0.25, 0.3) is 0 Å². The van der Waals surface area contributed by atoms with Crippen molar-refractivity contribution in [2.24, 2.45) is 0 Å². The smallest absolute Gasteiger partial charge is 0.104 e. The summed E-state index contributed by atoms with van der Waals surface area (Å²) < 4.78 is 5.62. The van der Waals surface area contributed by atoms with Gasteiger partial charge in [-0.05, 0) is 35.6 Å². The van der Waals surface area contributed by atoms with Crippen molar-refractivity contribution in [2.45, 2.75) is 19.4 Å². The van der Waals surface area contributed by atoms with E-state index in [2.05, 4.69) is 43.8 Å². The zero-order chi connectivity index (χ0) is 12.3. The molecule has 1 aliphatic rings. The van der Waals surface area contributed by atoms with Gasteiger partial charge in [-0.1, -0.05) is 49.1 Å². The van der Waals surface area contributed by atoms with Gasteiger partial charge in [0.15, 0.2) is 0 Å². The van der Waals surface area contributed by atoms with Gasteiger partial charge in [0.05, 0.1) is 0 Å².